The number of nitrogens with zero attached hydrogens (tertiary/aromatic N) is 2. The van der Waals surface area contributed by atoms with Crippen LogP contribution >= 0.6 is 23.2 Å². The molecule has 2 aromatic carbocycles. The van der Waals surface area contributed by atoms with E-state index in [2.05, 4.69) is 0 Å². The highest BCUT2D eigenvalue weighted by Gasteiger charge is 2.31. The van der Waals surface area contributed by atoms with Crippen molar-refractivity contribution >= 4 is 23.2 Å². The molecule has 0 amide bonds. The first-order chi connectivity index (χ1) is 12.1. The topological polar surface area (TPSA) is 47.2 Å². The minimum Gasteiger partial charge on any atom is -0.493 e. The summed E-state index contributed by atoms with van der Waals surface area (Å²) < 4.78 is 2.94. The number of benzene rings is 2. The normalized spacial score (nSPS) is 16.6. The van der Waals surface area contributed by atoms with Gasteiger partial charge in [0.25, 0.3) is 0 Å². The van der Waals surface area contributed by atoms with E-state index >= 15 is 0 Å². The van der Waals surface area contributed by atoms with Crippen LogP contribution in [0.2, 0.25) is 10.0 Å². The van der Waals surface area contributed by atoms with E-state index in [1.54, 1.807) is 22.8 Å². The molecule has 0 saturated heterocycles. The largest absolute Gasteiger partial charge is 0.493 e. The smallest absolute Gasteiger partial charge is 0.335 e. The molecular weight excluding hydrogens is 359 g/mol. The fourth-order valence-electron chi connectivity index (χ4n) is 3.61. The summed E-state index contributed by atoms with van der Waals surface area (Å²) in [6.45, 7) is 0.590. The van der Waals surface area contributed by atoms with Crippen LogP contribution in [-0.4, -0.2) is 14.2 Å². The third-order valence-electron chi connectivity index (χ3n) is 4.67. The van der Waals surface area contributed by atoms with Crippen molar-refractivity contribution in [2.75, 3.05) is 0 Å². The van der Waals surface area contributed by atoms with Crippen LogP contribution in [0.25, 0.3) is 5.69 Å². The molecule has 25 heavy (non-hydrogen) atoms. The first kappa shape index (κ1) is 16.3. The molecule has 4 rings (SSSR count). The van der Waals surface area contributed by atoms with Crippen molar-refractivity contribution in [1.29, 1.82) is 0 Å². The number of halogens is 2. The lowest BCUT2D eigenvalue weighted by Gasteiger charge is -2.24. The highest BCUT2D eigenvalue weighted by molar-refractivity contribution is 6.34. The van der Waals surface area contributed by atoms with Crippen molar-refractivity contribution in [3.8, 4) is 11.6 Å². The van der Waals surface area contributed by atoms with E-state index in [1.165, 1.54) is 4.57 Å². The van der Waals surface area contributed by atoms with Gasteiger partial charge in [0.15, 0.2) is 0 Å². The van der Waals surface area contributed by atoms with Gasteiger partial charge in [-0.05, 0) is 36.6 Å². The number of aromatic hydroxyl groups is 1. The van der Waals surface area contributed by atoms with Crippen LogP contribution in [0.3, 0.4) is 0 Å². The van der Waals surface area contributed by atoms with Crippen LogP contribution < -0.4 is 5.69 Å². The summed E-state index contributed by atoms with van der Waals surface area (Å²) >= 11 is 12.1. The van der Waals surface area contributed by atoms with E-state index in [1.807, 2.05) is 30.3 Å². The van der Waals surface area contributed by atoms with Gasteiger partial charge in [-0.25, -0.2) is 9.36 Å². The van der Waals surface area contributed by atoms with E-state index in [-0.39, 0.29) is 17.5 Å². The summed E-state index contributed by atoms with van der Waals surface area (Å²) in [5.41, 5.74) is 1.94. The zero-order valence-electron chi connectivity index (χ0n) is 13.3. The predicted molar refractivity (Wildman–Crippen MR) is 99.2 cm³/mol. The van der Waals surface area contributed by atoms with Crippen LogP contribution in [0.5, 0.6) is 5.88 Å². The van der Waals surface area contributed by atoms with Crippen LogP contribution in [0, 0.1) is 0 Å². The molecular formula is C19H16Cl2N2O2. The Hall–Kier alpha value is -2.17. The molecule has 1 unspecified atom stereocenters. The zero-order valence-corrected chi connectivity index (χ0v) is 14.8. The maximum atomic E-state index is 12.9. The third-order valence-corrected chi connectivity index (χ3v) is 5.10. The minimum absolute atomic E-state index is 0.0152. The quantitative estimate of drug-likeness (QED) is 0.713. The summed E-state index contributed by atoms with van der Waals surface area (Å²) in [6, 6.07) is 14.8. The van der Waals surface area contributed by atoms with Gasteiger partial charge in [-0.1, -0.05) is 53.5 Å². The zero-order chi connectivity index (χ0) is 17.6. The molecule has 0 fully saturated rings. The molecule has 1 N–H and O–H groups in total. The number of fused-ring (bicyclic) bond motifs is 1. The molecule has 3 aromatic rings. The van der Waals surface area contributed by atoms with Gasteiger partial charge < -0.3 is 5.11 Å². The summed E-state index contributed by atoms with van der Waals surface area (Å²) in [5, 5.41) is 11.7. The fourth-order valence-corrected chi connectivity index (χ4v) is 4.13. The van der Waals surface area contributed by atoms with Gasteiger partial charge >= 0.3 is 5.69 Å². The Balaban J connectivity index is 1.93. The highest BCUT2D eigenvalue weighted by atomic mass is 35.5. The summed E-state index contributed by atoms with van der Waals surface area (Å²) in [7, 11) is 0. The van der Waals surface area contributed by atoms with E-state index < -0.39 is 0 Å². The Morgan fingerprint density at radius 1 is 1.04 bits per heavy atom. The Labute approximate surface area is 154 Å². The molecule has 1 atom stereocenters. The second-order valence-electron chi connectivity index (χ2n) is 6.21. The maximum Gasteiger partial charge on any atom is 0.335 e. The van der Waals surface area contributed by atoms with Crippen molar-refractivity contribution in [1.82, 2.24) is 9.13 Å². The molecule has 4 nitrogen and oxygen atoms in total. The Bertz CT molecular complexity index is 972. The van der Waals surface area contributed by atoms with E-state index in [4.69, 9.17) is 23.2 Å². The molecule has 0 aliphatic carbocycles. The number of hydrogen-bond donors (Lipinski definition) is 1. The van der Waals surface area contributed by atoms with Crippen molar-refractivity contribution in [3.05, 3.63) is 80.3 Å². The van der Waals surface area contributed by atoms with Gasteiger partial charge in [0.1, 0.15) is 0 Å². The predicted octanol–water partition coefficient (Wildman–Crippen LogP) is 4.58. The van der Waals surface area contributed by atoms with E-state index in [0.717, 1.165) is 18.4 Å². The van der Waals surface area contributed by atoms with Crippen molar-refractivity contribution in [2.45, 2.75) is 25.3 Å². The van der Waals surface area contributed by atoms with E-state index in [0.29, 0.717) is 28.0 Å². The molecule has 0 saturated carbocycles. The highest BCUT2D eigenvalue weighted by Crippen LogP contribution is 2.38. The summed E-state index contributed by atoms with van der Waals surface area (Å²) in [6.07, 6.45) is 1.77. The third kappa shape index (κ3) is 2.75. The Kier molecular flexibility index (Phi) is 4.10. The van der Waals surface area contributed by atoms with Crippen LogP contribution in [0.15, 0.2) is 53.3 Å². The Morgan fingerprint density at radius 3 is 2.40 bits per heavy atom. The average molecular weight is 375 g/mol. The standard InChI is InChI=1S/C19H16Cl2N2O2/c20-13-9-14(21)11-15(10-13)23-18(24)17-16(12-5-2-1-3-6-12)7-4-8-22(17)19(23)25/h1-3,5-6,9-11,16,24H,4,7-8H2. The SMILES string of the molecule is O=c1n2c(c(O)n1-c1cc(Cl)cc(Cl)c1)C(c1ccccc1)CCC2. The van der Waals surface area contributed by atoms with Gasteiger partial charge in [-0.3, -0.25) is 4.57 Å². The number of aromatic nitrogens is 2. The van der Waals surface area contributed by atoms with Crippen molar-refractivity contribution in [3.63, 3.8) is 0 Å². The lowest BCUT2D eigenvalue weighted by molar-refractivity contribution is 0.415. The van der Waals surface area contributed by atoms with Crippen LogP contribution in [0.1, 0.15) is 30.0 Å². The van der Waals surface area contributed by atoms with Gasteiger partial charge in [0.2, 0.25) is 5.88 Å². The molecule has 0 spiro atoms. The fraction of sp³-hybridized carbons (Fsp3) is 0.211. The van der Waals surface area contributed by atoms with Crippen molar-refractivity contribution in [2.24, 2.45) is 0 Å². The van der Waals surface area contributed by atoms with Crippen LogP contribution in [-0.2, 0) is 6.54 Å². The minimum atomic E-state index is -0.272. The summed E-state index contributed by atoms with van der Waals surface area (Å²) in [5.74, 6) is -0.0598. The average Bonchev–Trinajstić information content (AvgIpc) is 2.86. The van der Waals surface area contributed by atoms with Gasteiger partial charge in [-0.2, -0.15) is 0 Å². The molecule has 1 aromatic heterocycles. The number of imidazole rings is 1. The molecule has 128 valence electrons. The summed E-state index contributed by atoms with van der Waals surface area (Å²) in [4.78, 5) is 12.9. The molecule has 6 heteroatoms. The first-order valence-corrected chi connectivity index (χ1v) is 8.87. The molecule has 1 aliphatic rings. The van der Waals surface area contributed by atoms with Gasteiger partial charge in [0, 0.05) is 22.5 Å². The van der Waals surface area contributed by atoms with Crippen LogP contribution in [0.4, 0.5) is 0 Å². The lowest BCUT2D eigenvalue weighted by atomic mass is 9.89. The Morgan fingerprint density at radius 2 is 1.72 bits per heavy atom. The first-order valence-electron chi connectivity index (χ1n) is 8.12. The maximum absolute atomic E-state index is 12.9. The molecule has 1 aliphatic heterocycles. The van der Waals surface area contributed by atoms with E-state index in [9.17, 15) is 9.90 Å². The molecule has 0 bridgehead atoms. The number of hydrogen-bond acceptors (Lipinski definition) is 2. The van der Waals surface area contributed by atoms with Gasteiger partial charge in [-0.15, -0.1) is 0 Å². The second-order valence-corrected chi connectivity index (χ2v) is 7.08. The van der Waals surface area contributed by atoms with Crippen molar-refractivity contribution < 1.29 is 5.11 Å². The second kappa shape index (κ2) is 6.28. The number of rotatable bonds is 2. The van der Waals surface area contributed by atoms with Gasteiger partial charge in [0.05, 0.1) is 11.4 Å². The monoisotopic (exact) mass is 374 g/mol. The lowest BCUT2D eigenvalue weighted by Crippen LogP contribution is -2.27. The molecule has 2 heterocycles. The molecule has 0 radical (unpaired) electrons.